The number of aliphatic hydroxyl groups is 1. The van der Waals surface area contributed by atoms with Crippen LogP contribution in [-0.2, 0) is 28.5 Å². The number of aliphatic hydroxyl groups excluding tert-OH is 1. The first-order chi connectivity index (χ1) is 22.5. The number of hydrogen-bond acceptors (Lipinski definition) is 7. The molecule has 2 rings (SSSR count). The number of carbonyl (C=O) groups is 2. The molecule has 2 fully saturated rings. The Morgan fingerprint density at radius 1 is 0.565 bits per heavy atom. The fourth-order valence-electron chi connectivity index (χ4n) is 5.86. The highest BCUT2D eigenvalue weighted by atomic mass is 16.6. The maximum Gasteiger partial charge on any atom is 0.305 e. The van der Waals surface area contributed by atoms with Gasteiger partial charge in [-0.05, 0) is 64.2 Å². The van der Waals surface area contributed by atoms with Crippen LogP contribution in [0.5, 0.6) is 0 Å². The summed E-state index contributed by atoms with van der Waals surface area (Å²) in [7, 11) is 0. The number of epoxide rings is 2. The number of unbranched alkanes of at least 4 members (excludes halogenated alkanes) is 14. The predicted molar refractivity (Wildman–Crippen MR) is 186 cm³/mol. The molecule has 46 heavy (non-hydrogen) atoms. The summed E-state index contributed by atoms with van der Waals surface area (Å²) in [5.41, 5.74) is 0. The summed E-state index contributed by atoms with van der Waals surface area (Å²) in [5.74, 6) is -0.607. The van der Waals surface area contributed by atoms with Gasteiger partial charge in [-0.15, -0.1) is 0 Å². The van der Waals surface area contributed by atoms with Crippen LogP contribution in [0, 0.1) is 0 Å². The van der Waals surface area contributed by atoms with Gasteiger partial charge in [-0.3, -0.25) is 9.59 Å². The quantitative estimate of drug-likeness (QED) is 0.0336. The van der Waals surface area contributed by atoms with Crippen molar-refractivity contribution in [3.8, 4) is 0 Å². The third-order valence-electron chi connectivity index (χ3n) is 9.01. The highest BCUT2D eigenvalue weighted by molar-refractivity contribution is 5.69. The van der Waals surface area contributed by atoms with Crippen LogP contribution >= 0.6 is 0 Å². The van der Waals surface area contributed by atoms with Crippen LogP contribution in [0.25, 0.3) is 0 Å². The van der Waals surface area contributed by atoms with Crippen LogP contribution in [0.1, 0.15) is 168 Å². The zero-order valence-corrected chi connectivity index (χ0v) is 29.5. The van der Waals surface area contributed by atoms with Crippen molar-refractivity contribution >= 4 is 11.9 Å². The summed E-state index contributed by atoms with van der Waals surface area (Å²) < 4.78 is 21.8. The van der Waals surface area contributed by atoms with Crippen LogP contribution in [0.3, 0.4) is 0 Å². The highest BCUT2D eigenvalue weighted by Crippen LogP contribution is 2.31. The van der Waals surface area contributed by atoms with Crippen molar-refractivity contribution in [1.82, 2.24) is 0 Å². The summed E-state index contributed by atoms with van der Waals surface area (Å²) >= 11 is 0. The van der Waals surface area contributed by atoms with Gasteiger partial charge in [-0.25, -0.2) is 0 Å². The molecule has 0 amide bonds. The van der Waals surface area contributed by atoms with Crippen molar-refractivity contribution in [2.45, 2.75) is 198 Å². The third-order valence-corrected chi connectivity index (χ3v) is 9.01. The summed E-state index contributed by atoms with van der Waals surface area (Å²) in [4.78, 5) is 23.9. The summed E-state index contributed by atoms with van der Waals surface area (Å²) in [6, 6.07) is 0. The Balaban J connectivity index is 1.28. The van der Waals surface area contributed by atoms with Crippen molar-refractivity contribution in [2.75, 3.05) is 13.2 Å². The molecule has 0 aromatic heterocycles. The second-order valence-corrected chi connectivity index (χ2v) is 13.5. The Labute approximate surface area is 281 Å². The van der Waals surface area contributed by atoms with Gasteiger partial charge in [0, 0.05) is 12.8 Å². The Bertz CT molecular complexity index is 759. The summed E-state index contributed by atoms with van der Waals surface area (Å²) in [5, 5.41) is 10.0. The number of rotatable bonds is 32. The minimum atomic E-state index is -0.981. The first-order valence-electron chi connectivity index (χ1n) is 19.1. The Morgan fingerprint density at radius 3 is 1.41 bits per heavy atom. The van der Waals surface area contributed by atoms with E-state index < -0.39 is 6.10 Å². The van der Waals surface area contributed by atoms with E-state index in [-0.39, 0.29) is 25.2 Å². The smallest absolute Gasteiger partial charge is 0.305 e. The monoisotopic (exact) mass is 648 g/mol. The van der Waals surface area contributed by atoms with E-state index >= 15 is 0 Å². The molecule has 1 N–H and O–H groups in total. The van der Waals surface area contributed by atoms with E-state index in [1.165, 1.54) is 64.2 Å². The molecule has 5 atom stereocenters. The van der Waals surface area contributed by atoms with Gasteiger partial charge in [-0.2, -0.15) is 0 Å². The van der Waals surface area contributed by atoms with Gasteiger partial charge in [0.1, 0.15) is 19.3 Å². The standard InChI is InChI=1S/C39H68O7/c1-3-5-19-25-34-36(45-34)27-21-15-11-7-9-13-17-23-29-38(41)43-31-33(40)32-44-39(42)30-24-18-14-10-8-12-16-22-28-37-35(46-37)26-20-6-4-2/h15-16,21-22,33-37,40H,3-14,17-20,23-32H2,1-2H3/b21-15-,22-16-/t33?,34-,35+,36+,37-. The Hall–Kier alpha value is -1.70. The van der Waals surface area contributed by atoms with Gasteiger partial charge in [0.2, 0.25) is 0 Å². The van der Waals surface area contributed by atoms with Crippen LogP contribution < -0.4 is 0 Å². The normalized spacial score (nSPS) is 21.2. The SMILES string of the molecule is CCCCC[C@@H]1O[C@@H]1C/C=C\CCCCCCCC(=O)OCC(O)COC(=O)CCCCCCC/C=C\C[C@@H]1O[C@@H]1CCCCC. The molecule has 2 saturated heterocycles. The molecule has 2 heterocycles. The fourth-order valence-corrected chi connectivity index (χ4v) is 5.86. The van der Waals surface area contributed by atoms with Gasteiger partial charge in [0.15, 0.2) is 0 Å². The lowest BCUT2D eigenvalue weighted by molar-refractivity contribution is -0.152. The molecule has 0 radical (unpaired) electrons. The van der Waals surface area contributed by atoms with E-state index in [4.69, 9.17) is 18.9 Å². The lowest BCUT2D eigenvalue weighted by atomic mass is 10.1. The van der Waals surface area contributed by atoms with Crippen LogP contribution in [0.4, 0.5) is 0 Å². The average molecular weight is 649 g/mol. The molecule has 0 aliphatic carbocycles. The van der Waals surface area contributed by atoms with Gasteiger partial charge < -0.3 is 24.1 Å². The van der Waals surface area contributed by atoms with Gasteiger partial charge in [-0.1, -0.05) is 115 Å². The molecule has 0 saturated carbocycles. The third kappa shape index (κ3) is 22.8. The lowest BCUT2D eigenvalue weighted by Crippen LogP contribution is -2.25. The first kappa shape index (κ1) is 40.5. The van der Waals surface area contributed by atoms with Gasteiger partial charge in [0.05, 0.1) is 24.4 Å². The van der Waals surface area contributed by atoms with Crippen molar-refractivity contribution in [3.63, 3.8) is 0 Å². The molecule has 0 bridgehead atoms. The van der Waals surface area contributed by atoms with E-state index in [0.29, 0.717) is 37.3 Å². The number of esters is 2. The fraction of sp³-hybridized carbons (Fsp3) is 0.846. The minimum Gasteiger partial charge on any atom is -0.463 e. The maximum atomic E-state index is 12.0. The predicted octanol–water partition coefficient (Wildman–Crippen LogP) is 9.48. The minimum absolute atomic E-state index is 0.133. The second kappa shape index (κ2) is 27.3. The number of ether oxygens (including phenoxy) is 4. The van der Waals surface area contributed by atoms with E-state index in [2.05, 4.69) is 38.2 Å². The van der Waals surface area contributed by atoms with Crippen molar-refractivity contribution < 1.29 is 33.6 Å². The van der Waals surface area contributed by atoms with Crippen LogP contribution in [-0.4, -0.2) is 60.8 Å². The van der Waals surface area contributed by atoms with Crippen molar-refractivity contribution in [2.24, 2.45) is 0 Å². The molecule has 0 aromatic rings. The van der Waals surface area contributed by atoms with Crippen molar-refractivity contribution in [3.05, 3.63) is 24.3 Å². The summed E-state index contributed by atoms with van der Waals surface area (Å²) in [6.45, 7) is 4.20. The lowest BCUT2D eigenvalue weighted by Gasteiger charge is -2.12. The first-order valence-corrected chi connectivity index (χ1v) is 19.1. The molecule has 0 spiro atoms. The van der Waals surface area contributed by atoms with E-state index in [9.17, 15) is 14.7 Å². The molecule has 2 aliphatic rings. The van der Waals surface area contributed by atoms with Crippen LogP contribution in [0.2, 0.25) is 0 Å². The van der Waals surface area contributed by atoms with Gasteiger partial charge in [0.25, 0.3) is 0 Å². The highest BCUT2D eigenvalue weighted by Gasteiger charge is 2.37. The number of hydrogen-bond donors (Lipinski definition) is 1. The van der Waals surface area contributed by atoms with E-state index in [0.717, 1.165) is 77.0 Å². The number of carbonyl (C=O) groups excluding carboxylic acids is 2. The molecule has 1 unspecified atom stereocenters. The van der Waals surface area contributed by atoms with Gasteiger partial charge >= 0.3 is 11.9 Å². The topological polar surface area (TPSA) is 97.9 Å². The number of allylic oxidation sites excluding steroid dienone is 2. The molecule has 7 heteroatoms. The molecule has 7 nitrogen and oxygen atoms in total. The largest absolute Gasteiger partial charge is 0.463 e. The molecule has 0 aromatic carbocycles. The van der Waals surface area contributed by atoms with Crippen molar-refractivity contribution in [1.29, 1.82) is 0 Å². The molecular weight excluding hydrogens is 580 g/mol. The molecule has 2 aliphatic heterocycles. The Kier molecular flexibility index (Phi) is 24.0. The second-order valence-electron chi connectivity index (χ2n) is 13.5. The molecule has 266 valence electrons. The zero-order chi connectivity index (χ0) is 33.1. The maximum absolute atomic E-state index is 12.0. The van der Waals surface area contributed by atoms with Crippen LogP contribution in [0.15, 0.2) is 24.3 Å². The van der Waals surface area contributed by atoms with E-state index in [1.807, 2.05) is 0 Å². The molecular formula is C39H68O7. The Morgan fingerprint density at radius 2 is 0.978 bits per heavy atom. The zero-order valence-electron chi connectivity index (χ0n) is 29.5. The van der Waals surface area contributed by atoms with E-state index in [1.54, 1.807) is 0 Å². The summed E-state index contributed by atoms with van der Waals surface area (Å²) in [6.07, 6.45) is 35.7. The average Bonchev–Trinajstić information content (AvgIpc) is 3.98.